The van der Waals surface area contributed by atoms with E-state index in [1.165, 1.54) is 17.0 Å². The van der Waals surface area contributed by atoms with Gasteiger partial charge in [-0.05, 0) is 64.2 Å². The number of amides is 3. The highest BCUT2D eigenvalue weighted by molar-refractivity contribution is 6.23. The molecule has 204 valence electrons. The minimum Gasteiger partial charge on any atom is -0.310 e. The maximum Gasteiger partial charge on any atom is 0.417 e. The second kappa shape index (κ2) is 11.8. The molecule has 2 aromatic rings. The fourth-order valence-corrected chi connectivity index (χ4v) is 4.35. The molecule has 3 amide bonds. The van der Waals surface area contributed by atoms with Crippen molar-refractivity contribution in [2.45, 2.75) is 84.0 Å². The third kappa shape index (κ3) is 6.38. The molecule has 38 heavy (non-hydrogen) atoms. The number of hydrogen-bond donors (Lipinski definition) is 0. The number of urea groups is 1. The fraction of sp³-hybridized carbons (Fsp3) is 0.538. The predicted octanol–water partition coefficient (Wildman–Crippen LogP) is 4.89. The van der Waals surface area contributed by atoms with Crippen LogP contribution in [0.1, 0.15) is 76.1 Å². The summed E-state index contributed by atoms with van der Waals surface area (Å²) in [4.78, 5) is 39.7. The minimum absolute atomic E-state index is 0.224. The monoisotopic (exact) mass is 532 g/mol. The quantitative estimate of drug-likeness (QED) is 0.284. The second-order valence-electron chi connectivity index (χ2n) is 9.75. The molecule has 1 aromatic carbocycles. The number of carbonyl (C=O) groups excluding carboxylic acids is 3. The van der Waals surface area contributed by atoms with Crippen molar-refractivity contribution in [3.63, 3.8) is 0 Å². The second-order valence-corrected chi connectivity index (χ2v) is 9.75. The summed E-state index contributed by atoms with van der Waals surface area (Å²) in [5.41, 5.74) is -2.46. The first-order valence-corrected chi connectivity index (χ1v) is 12.6. The number of anilines is 1. The third-order valence-electron chi connectivity index (χ3n) is 6.65. The first-order chi connectivity index (χ1) is 17.9. The highest BCUT2D eigenvalue weighted by atomic mass is 19.4. The first kappa shape index (κ1) is 28.8. The maximum atomic E-state index is 13.4. The summed E-state index contributed by atoms with van der Waals surface area (Å²) >= 11 is 0. The molecule has 0 spiro atoms. The van der Waals surface area contributed by atoms with E-state index in [4.69, 9.17) is 5.26 Å². The van der Waals surface area contributed by atoms with Crippen LogP contribution in [-0.2, 0) is 28.7 Å². The molecule has 1 aliphatic rings. The Labute approximate surface area is 219 Å². The molecule has 0 atom stereocenters. The Morgan fingerprint density at radius 3 is 2.47 bits per heavy atom. The zero-order valence-electron chi connectivity index (χ0n) is 21.7. The van der Waals surface area contributed by atoms with Crippen molar-refractivity contribution in [2.24, 2.45) is 0 Å². The molecule has 12 heteroatoms. The number of hydrogen-bond acceptors (Lipinski definition) is 6. The maximum absolute atomic E-state index is 13.4. The molecule has 0 saturated carbocycles. The van der Waals surface area contributed by atoms with Crippen molar-refractivity contribution in [1.29, 1.82) is 5.26 Å². The molecule has 3 rings (SSSR count). The van der Waals surface area contributed by atoms with Gasteiger partial charge < -0.3 is 4.90 Å². The largest absolute Gasteiger partial charge is 0.417 e. The summed E-state index contributed by atoms with van der Waals surface area (Å²) < 4.78 is 42.0. The van der Waals surface area contributed by atoms with Crippen LogP contribution in [0, 0.1) is 11.3 Å². The molecule has 0 radical (unpaired) electrons. The van der Waals surface area contributed by atoms with E-state index in [9.17, 15) is 27.6 Å². The summed E-state index contributed by atoms with van der Waals surface area (Å²) in [6.45, 7) is 5.87. The third-order valence-corrected chi connectivity index (χ3v) is 6.65. The lowest BCUT2D eigenvalue weighted by Gasteiger charge is -2.27. The molecular weight excluding hydrogens is 501 g/mol. The van der Waals surface area contributed by atoms with Gasteiger partial charge in [0.2, 0.25) is 0 Å². The smallest absolute Gasteiger partial charge is 0.310 e. The van der Waals surface area contributed by atoms with Crippen molar-refractivity contribution in [3.05, 3.63) is 41.2 Å². The SMILES string of the molecule is CCC(=O)CCCCn1cc(CCCCN2C(=O)N(c3ccc(C#N)c(C(F)(F)F)c3)C(=O)C2(C)C)nn1. The van der Waals surface area contributed by atoms with Gasteiger partial charge in [0.15, 0.2) is 0 Å². The molecule has 0 N–H and O–H groups in total. The molecular formula is C26H31F3N6O3. The molecule has 0 unspecified atom stereocenters. The molecule has 2 heterocycles. The zero-order valence-corrected chi connectivity index (χ0v) is 21.7. The van der Waals surface area contributed by atoms with Crippen molar-refractivity contribution in [2.75, 3.05) is 11.4 Å². The van der Waals surface area contributed by atoms with Crippen LogP contribution in [0.15, 0.2) is 24.4 Å². The van der Waals surface area contributed by atoms with E-state index >= 15 is 0 Å². The van der Waals surface area contributed by atoms with Crippen LogP contribution in [-0.4, -0.2) is 49.7 Å². The predicted molar refractivity (Wildman–Crippen MR) is 132 cm³/mol. The lowest BCUT2D eigenvalue weighted by molar-refractivity contribution is -0.137. The van der Waals surface area contributed by atoms with E-state index in [-0.39, 0.29) is 18.0 Å². The van der Waals surface area contributed by atoms with Gasteiger partial charge in [-0.25, -0.2) is 9.69 Å². The van der Waals surface area contributed by atoms with Gasteiger partial charge in [0.1, 0.15) is 11.3 Å². The van der Waals surface area contributed by atoms with E-state index in [0.29, 0.717) is 44.7 Å². The Kier molecular flexibility index (Phi) is 8.91. The highest BCUT2D eigenvalue weighted by Gasteiger charge is 2.51. The molecule has 1 aromatic heterocycles. The van der Waals surface area contributed by atoms with Gasteiger partial charge in [0.25, 0.3) is 5.91 Å². The lowest BCUT2D eigenvalue weighted by Crippen LogP contribution is -2.44. The Hall–Kier alpha value is -3.75. The number of unbranched alkanes of at least 4 members (excludes halogenated alkanes) is 2. The van der Waals surface area contributed by atoms with E-state index < -0.39 is 34.8 Å². The number of benzene rings is 1. The lowest BCUT2D eigenvalue weighted by atomic mass is 10.0. The molecule has 1 fully saturated rings. The van der Waals surface area contributed by atoms with Gasteiger partial charge in [0, 0.05) is 32.1 Å². The molecule has 0 aliphatic carbocycles. The summed E-state index contributed by atoms with van der Waals surface area (Å²) in [7, 11) is 0. The molecule has 9 nitrogen and oxygen atoms in total. The van der Waals surface area contributed by atoms with Crippen LogP contribution < -0.4 is 4.90 Å². The van der Waals surface area contributed by atoms with Crippen molar-refractivity contribution >= 4 is 23.4 Å². The number of aromatic nitrogens is 3. The van der Waals surface area contributed by atoms with Crippen molar-refractivity contribution in [1.82, 2.24) is 19.9 Å². The summed E-state index contributed by atoms with van der Waals surface area (Å²) in [6.07, 6.45) is 1.60. The zero-order chi connectivity index (χ0) is 28.1. The number of carbonyl (C=O) groups is 3. The summed E-state index contributed by atoms with van der Waals surface area (Å²) in [5.74, 6) is -0.388. The Morgan fingerprint density at radius 2 is 1.82 bits per heavy atom. The Morgan fingerprint density at radius 1 is 1.11 bits per heavy atom. The number of rotatable bonds is 12. The number of nitriles is 1. The van der Waals surface area contributed by atoms with Gasteiger partial charge in [-0.2, -0.15) is 18.4 Å². The van der Waals surface area contributed by atoms with Crippen LogP contribution in [0.2, 0.25) is 0 Å². The topological polar surface area (TPSA) is 112 Å². The number of halogens is 3. The number of imide groups is 1. The van der Waals surface area contributed by atoms with Crippen LogP contribution >= 0.6 is 0 Å². The average molecular weight is 533 g/mol. The van der Waals surface area contributed by atoms with Gasteiger partial charge in [-0.1, -0.05) is 12.1 Å². The van der Waals surface area contributed by atoms with Crippen LogP contribution in [0.4, 0.5) is 23.7 Å². The normalized spacial score (nSPS) is 15.3. The van der Waals surface area contributed by atoms with Gasteiger partial charge in [0.05, 0.1) is 28.6 Å². The Balaban J connectivity index is 1.58. The highest BCUT2D eigenvalue weighted by Crippen LogP contribution is 2.37. The summed E-state index contributed by atoms with van der Waals surface area (Å²) in [6, 6.07) is 3.59. The number of ketones is 1. The van der Waals surface area contributed by atoms with E-state index in [2.05, 4.69) is 10.3 Å². The van der Waals surface area contributed by atoms with Crippen molar-refractivity contribution in [3.8, 4) is 6.07 Å². The Bertz CT molecular complexity index is 1230. The minimum atomic E-state index is -4.81. The van der Waals surface area contributed by atoms with Crippen molar-refractivity contribution < 1.29 is 27.6 Å². The average Bonchev–Trinajstić information content (AvgIpc) is 3.38. The number of aryl methyl sites for hydroxylation is 2. The van der Waals surface area contributed by atoms with Gasteiger partial charge >= 0.3 is 12.2 Å². The first-order valence-electron chi connectivity index (χ1n) is 12.6. The van der Waals surface area contributed by atoms with E-state index in [1.54, 1.807) is 18.5 Å². The van der Waals surface area contributed by atoms with Crippen LogP contribution in [0.3, 0.4) is 0 Å². The van der Waals surface area contributed by atoms with Gasteiger partial charge in [-0.3, -0.25) is 14.3 Å². The fourth-order valence-electron chi connectivity index (χ4n) is 4.35. The molecule has 1 saturated heterocycles. The van der Waals surface area contributed by atoms with E-state index in [0.717, 1.165) is 29.5 Å². The number of nitrogens with zero attached hydrogens (tertiary/aromatic N) is 6. The summed E-state index contributed by atoms with van der Waals surface area (Å²) in [5, 5.41) is 17.3. The number of alkyl halides is 3. The molecule has 1 aliphatic heterocycles. The van der Waals surface area contributed by atoms with E-state index in [1.807, 2.05) is 13.1 Å². The molecule has 0 bridgehead atoms. The van der Waals surface area contributed by atoms with Gasteiger partial charge in [-0.15, -0.1) is 5.10 Å². The van der Waals surface area contributed by atoms with Crippen LogP contribution in [0.5, 0.6) is 0 Å². The number of Topliss-reactive ketones (excluding diaryl/α,β-unsaturated/α-hetero) is 1. The standard InChI is InChI=1S/C26H31F3N6O3/c1-4-21(36)10-6-7-13-33-17-19(31-32-33)9-5-8-14-34-24(38)35(23(37)25(34,2)3)20-12-11-18(16-30)22(15-20)26(27,28)29/h11-12,15,17H,4-10,13-14H2,1-3H3. The van der Waals surface area contributed by atoms with Crippen LogP contribution in [0.25, 0.3) is 0 Å².